The third-order valence-corrected chi connectivity index (χ3v) is 2.65. The van der Waals surface area contributed by atoms with Crippen LogP contribution >= 0.6 is 15.9 Å². The Hall–Kier alpha value is -1.29. The molecule has 1 rings (SSSR count). The molecule has 1 amide bonds. The largest absolute Gasteiger partial charge is 0.496 e. The number of anilines is 1. The second-order valence-corrected chi connectivity index (χ2v) is 4.30. The van der Waals surface area contributed by atoms with Crippen LogP contribution in [0.5, 0.6) is 5.75 Å². The summed E-state index contributed by atoms with van der Waals surface area (Å²) >= 11 is 3.23. The van der Waals surface area contributed by atoms with Gasteiger partial charge in [0.15, 0.2) is 0 Å². The summed E-state index contributed by atoms with van der Waals surface area (Å²) < 4.78 is 5.24. The van der Waals surface area contributed by atoms with Gasteiger partial charge in [0.2, 0.25) is 5.91 Å². The van der Waals surface area contributed by atoms with Gasteiger partial charge in [-0.05, 0) is 30.2 Å². The SMILES string of the molecule is C=CCc1cc(NC(=O)CCBr)ccc1OC. The van der Waals surface area contributed by atoms with Crippen molar-refractivity contribution in [2.75, 3.05) is 17.8 Å². The topological polar surface area (TPSA) is 38.3 Å². The van der Waals surface area contributed by atoms with Crippen molar-refractivity contribution in [1.29, 1.82) is 0 Å². The average Bonchev–Trinajstić information content (AvgIpc) is 2.30. The molecule has 0 aromatic heterocycles. The number of carbonyl (C=O) groups is 1. The Morgan fingerprint density at radius 1 is 1.59 bits per heavy atom. The number of amides is 1. The van der Waals surface area contributed by atoms with Crippen LogP contribution in [0.1, 0.15) is 12.0 Å². The van der Waals surface area contributed by atoms with Crippen molar-refractivity contribution in [3.63, 3.8) is 0 Å². The maximum atomic E-state index is 11.4. The quantitative estimate of drug-likeness (QED) is 0.647. The highest BCUT2D eigenvalue weighted by atomic mass is 79.9. The molecule has 0 heterocycles. The van der Waals surface area contributed by atoms with Crippen LogP contribution in [0.3, 0.4) is 0 Å². The highest BCUT2D eigenvalue weighted by Gasteiger charge is 2.05. The van der Waals surface area contributed by atoms with Crippen molar-refractivity contribution in [1.82, 2.24) is 0 Å². The number of benzene rings is 1. The van der Waals surface area contributed by atoms with Crippen LogP contribution < -0.4 is 10.1 Å². The molecule has 0 fully saturated rings. The maximum absolute atomic E-state index is 11.4. The van der Waals surface area contributed by atoms with Crippen LogP contribution in [0, 0.1) is 0 Å². The number of methoxy groups -OCH3 is 1. The molecule has 1 aromatic carbocycles. The van der Waals surface area contributed by atoms with Gasteiger partial charge in [0.05, 0.1) is 7.11 Å². The van der Waals surface area contributed by atoms with E-state index in [-0.39, 0.29) is 5.91 Å². The first kappa shape index (κ1) is 13.8. The van der Waals surface area contributed by atoms with Gasteiger partial charge in [0.1, 0.15) is 5.75 Å². The second kappa shape index (κ2) is 7.12. The van der Waals surface area contributed by atoms with Gasteiger partial charge in [-0.2, -0.15) is 0 Å². The molecule has 3 nitrogen and oxygen atoms in total. The Morgan fingerprint density at radius 2 is 2.35 bits per heavy atom. The average molecular weight is 298 g/mol. The molecule has 0 atom stereocenters. The zero-order chi connectivity index (χ0) is 12.7. The number of halogens is 1. The van der Waals surface area contributed by atoms with Crippen LogP contribution in [0.2, 0.25) is 0 Å². The number of alkyl halides is 1. The van der Waals surface area contributed by atoms with E-state index in [1.807, 2.05) is 24.3 Å². The summed E-state index contributed by atoms with van der Waals surface area (Å²) in [6.45, 7) is 3.70. The number of nitrogens with one attached hydrogen (secondary N) is 1. The zero-order valence-electron chi connectivity index (χ0n) is 9.83. The molecule has 1 aromatic rings. The Labute approximate surface area is 110 Å². The minimum atomic E-state index is -0.00315. The Bertz CT molecular complexity index is 404. The molecule has 0 saturated heterocycles. The minimum absolute atomic E-state index is 0.00315. The molecular weight excluding hydrogens is 282 g/mol. The van der Waals surface area contributed by atoms with Crippen molar-refractivity contribution in [3.05, 3.63) is 36.4 Å². The maximum Gasteiger partial charge on any atom is 0.225 e. The van der Waals surface area contributed by atoms with E-state index >= 15 is 0 Å². The lowest BCUT2D eigenvalue weighted by Crippen LogP contribution is -2.11. The van der Waals surface area contributed by atoms with Gasteiger partial charge < -0.3 is 10.1 Å². The lowest BCUT2D eigenvalue weighted by molar-refractivity contribution is -0.115. The van der Waals surface area contributed by atoms with Crippen molar-refractivity contribution < 1.29 is 9.53 Å². The molecule has 0 aliphatic rings. The minimum Gasteiger partial charge on any atom is -0.496 e. The van der Waals surface area contributed by atoms with E-state index in [2.05, 4.69) is 27.8 Å². The number of carbonyl (C=O) groups excluding carboxylic acids is 1. The zero-order valence-corrected chi connectivity index (χ0v) is 11.4. The summed E-state index contributed by atoms with van der Waals surface area (Å²) in [6, 6.07) is 5.59. The molecule has 0 radical (unpaired) electrons. The van der Waals surface area contributed by atoms with Crippen LogP contribution in [0.25, 0.3) is 0 Å². The Kier molecular flexibility index (Phi) is 5.77. The summed E-state index contributed by atoms with van der Waals surface area (Å²) in [4.78, 5) is 11.4. The van der Waals surface area contributed by atoms with Gasteiger partial charge >= 0.3 is 0 Å². The van der Waals surface area contributed by atoms with E-state index in [1.165, 1.54) is 0 Å². The second-order valence-electron chi connectivity index (χ2n) is 3.51. The highest BCUT2D eigenvalue weighted by molar-refractivity contribution is 9.09. The molecule has 0 saturated carbocycles. The van der Waals surface area contributed by atoms with E-state index in [4.69, 9.17) is 4.74 Å². The third-order valence-electron chi connectivity index (χ3n) is 2.25. The van der Waals surface area contributed by atoms with Crippen LogP contribution in [-0.4, -0.2) is 18.3 Å². The van der Waals surface area contributed by atoms with E-state index in [0.29, 0.717) is 18.2 Å². The molecular formula is C13H16BrNO2. The first-order valence-electron chi connectivity index (χ1n) is 5.35. The number of hydrogen-bond acceptors (Lipinski definition) is 2. The lowest BCUT2D eigenvalue weighted by atomic mass is 10.1. The fourth-order valence-corrected chi connectivity index (χ4v) is 1.84. The van der Waals surface area contributed by atoms with Crippen molar-refractivity contribution in [2.45, 2.75) is 12.8 Å². The summed E-state index contributed by atoms with van der Waals surface area (Å²) in [5, 5.41) is 3.50. The fraction of sp³-hybridized carbons (Fsp3) is 0.308. The van der Waals surface area contributed by atoms with Gasteiger partial charge in [-0.15, -0.1) is 6.58 Å². The normalized spacial score (nSPS) is 9.76. The number of hydrogen-bond donors (Lipinski definition) is 1. The molecule has 17 heavy (non-hydrogen) atoms. The number of rotatable bonds is 6. The third kappa shape index (κ3) is 4.23. The molecule has 92 valence electrons. The van der Waals surface area contributed by atoms with E-state index in [1.54, 1.807) is 7.11 Å². The first-order valence-corrected chi connectivity index (χ1v) is 6.47. The predicted molar refractivity (Wildman–Crippen MR) is 73.9 cm³/mol. The monoisotopic (exact) mass is 297 g/mol. The highest BCUT2D eigenvalue weighted by Crippen LogP contribution is 2.23. The molecule has 0 bridgehead atoms. The Balaban J connectivity index is 2.83. The van der Waals surface area contributed by atoms with E-state index < -0.39 is 0 Å². The smallest absolute Gasteiger partial charge is 0.225 e. The van der Waals surface area contributed by atoms with Crippen LogP contribution in [0.4, 0.5) is 5.69 Å². The molecule has 0 spiro atoms. The fourth-order valence-electron chi connectivity index (χ4n) is 1.48. The molecule has 0 unspecified atom stereocenters. The summed E-state index contributed by atoms with van der Waals surface area (Å²) in [6.07, 6.45) is 2.98. The van der Waals surface area contributed by atoms with Crippen LogP contribution in [-0.2, 0) is 11.2 Å². The molecule has 0 aliphatic heterocycles. The van der Waals surface area contributed by atoms with E-state index in [9.17, 15) is 4.79 Å². The summed E-state index contributed by atoms with van der Waals surface area (Å²) in [5.74, 6) is 0.806. The molecule has 0 aliphatic carbocycles. The summed E-state index contributed by atoms with van der Waals surface area (Å²) in [5.41, 5.74) is 1.80. The van der Waals surface area contributed by atoms with Crippen LogP contribution in [0.15, 0.2) is 30.9 Å². The molecule has 4 heteroatoms. The first-order chi connectivity index (χ1) is 8.21. The van der Waals surface area contributed by atoms with Crippen molar-refractivity contribution in [2.24, 2.45) is 0 Å². The molecule has 1 N–H and O–H groups in total. The Morgan fingerprint density at radius 3 is 2.94 bits per heavy atom. The lowest BCUT2D eigenvalue weighted by Gasteiger charge is -2.10. The van der Waals surface area contributed by atoms with Crippen molar-refractivity contribution in [3.8, 4) is 5.75 Å². The standard InChI is InChI=1S/C13H16BrNO2/c1-3-4-10-9-11(5-6-12(10)17-2)15-13(16)7-8-14/h3,5-6,9H,1,4,7-8H2,2H3,(H,15,16). The number of ether oxygens (including phenoxy) is 1. The van der Waals surface area contributed by atoms with Gasteiger partial charge in [-0.1, -0.05) is 22.0 Å². The van der Waals surface area contributed by atoms with Gasteiger partial charge in [0, 0.05) is 17.4 Å². The van der Waals surface area contributed by atoms with Gasteiger partial charge in [-0.3, -0.25) is 4.79 Å². The van der Waals surface area contributed by atoms with Gasteiger partial charge in [0.25, 0.3) is 0 Å². The predicted octanol–water partition coefficient (Wildman–Crippen LogP) is 3.15. The van der Waals surface area contributed by atoms with E-state index in [0.717, 1.165) is 17.0 Å². The summed E-state index contributed by atoms with van der Waals surface area (Å²) in [7, 11) is 1.63. The van der Waals surface area contributed by atoms with Gasteiger partial charge in [-0.25, -0.2) is 0 Å². The van der Waals surface area contributed by atoms with Crippen molar-refractivity contribution >= 4 is 27.5 Å². The number of allylic oxidation sites excluding steroid dienone is 1.